The molecule has 0 amide bonds. The molecule has 0 atom stereocenters. The standard InChI is InChI=1S/C17H21N7O4S5.C4H4O4/c1-2-5-21-32(25,26)12-3-4-13-14(8-12)33(27,28)24-16(31-13)20-6-7-29-9-11-10-30-17(22-11)23-15(18)19;5-3(6)1-2-4(7)8/h2-4,8,10,21H,1,5-7,9H2,(H,20,24)(H4,18,19,22,23);1-2H,(H,5,6)(H,7,8)/b;2-1+. The normalized spacial score (nSPS) is 14.8. The Morgan fingerprint density at radius 1 is 1.32 bits per heavy atom. The SMILES string of the molecule is C=CCNS(=O)(=O)c1ccc2c(c1)S(=O)(=O)NC(=NCCSCc1csc([NH+]=C(N)N)n1)S2.O=C([O-])/C=C/C(=O)O. The first kappa shape index (κ1) is 33.8. The van der Waals surface area contributed by atoms with Gasteiger partial charge in [-0.2, -0.15) is 11.8 Å². The Labute approximate surface area is 248 Å². The third-order valence-electron chi connectivity index (χ3n) is 4.27. The van der Waals surface area contributed by atoms with E-state index in [1.54, 1.807) is 11.8 Å². The number of nitrogens with one attached hydrogen (secondary N) is 3. The highest BCUT2D eigenvalue weighted by Gasteiger charge is 2.29. The maximum atomic E-state index is 12.7. The highest BCUT2D eigenvalue weighted by atomic mass is 32.2. The fourth-order valence-corrected chi connectivity index (χ4v) is 7.93. The molecule has 0 saturated heterocycles. The Bertz CT molecular complexity index is 1560. The van der Waals surface area contributed by atoms with Crippen LogP contribution < -0.4 is 31.0 Å². The Morgan fingerprint density at radius 2 is 2.05 bits per heavy atom. The van der Waals surface area contributed by atoms with Gasteiger partial charge in [0.05, 0.1) is 17.4 Å². The minimum Gasteiger partial charge on any atom is -0.545 e. The summed E-state index contributed by atoms with van der Waals surface area (Å²) in [5, 5.41) is 20.0. The average Bonchev–Trinajstić information content (AvgIpc) is 3.32. The molecule has 1 aromatic carbocycles. The van der Waals surface area contributed by atoms with Crippen LogP contribution in [0.2, 0.25) is 0 Å². The summed E-state index contributed by atoms with van der Waals surface area (Å²) in [7, 11) is -7.79. The first-order chi connectivity index (χ1) is 19.2. The largest absolute Gasteiger partial charge is 0.545 e. The molecular formula is C21H25N7O8S5. The van der Waals surface area contributed by atoms with Crippen LogP contribution >= 0.6 is 34.9 Å². The van der Waals surface area contributed by atoms with Gasteiger partial charge in [-0.15, -0.1) is 11.6 Å². The number of nitrogens with two attached hydrogens (primary N) is 2. The van der Waals surface area contributed by atoms with Crippen molar-refractivity contribution in [2.24, 2.45) is 16.5 Å². The number of carboxylic acid groups (broad SMARTS) is 2. The lowest BCUT2D eigenvalue weighted by Gasteiger charge is -2.20. The molecule has 3 rings (SSSR count). The number of aliphatic carboxylic acids is 2. The van der Waals surface area contributed by atoms with Crippen LogP contribution in [0.1, 0.15) is 5.69 Å². The molecule has 2 aromatic rings. The summed E-state index contributed by atoms with van der Waals surface area (Å²) >= 11 is 4.12. The molecule has 1 aliphatic rings. The van der Waals surface area contributed by atoms with Crippen molar-refractivity contribution >= 4 is 83.1 Å². The Morgan fingerprint density at radius 3 is 2.66 bits per heavy atom. The molecule has 15 nitrogen and oxygen atoms in total. The van der Waals surface area contributed by atoms with Gasteiger partial charge in [-0.25, -0.2) is 31.3 Å². The number of rotatable bonds is 12. The zero-order valence-electron chi connectivity index (χ0n) is 21.0. The second-order valence-electron chi connectivity index (χ2n) is 7.41. The molecule has 1 aliphatic heterocycles. The van der Waals surface area contributed by atoms with Gasteiger partial charge in [-0.3, -0.25) is 9.71 Å². The van der Waals surface area contributed by atoms with Crippen molar-refractivity contribution in [3.05, 3.63) is 54.1 Å². The average molecular weight is 664 g/mol. The van der Waals surface area contributed by atoms with E-state index in [0.717, 1.165) is 23.5 Å². The van der Waals surface area contributed by atoms with Crippen molar-refractivity contribution in [1.82, 2.24) is 14.4 Å². The first-order valence-corrected chi connectivity index (χ1v) is 16.8. The number of fused-ring (bicyclic) bond motifs is 1. The molecular weight excluding hydrogens is 639 g/mol. The Balaban J connectivity index is 0.000000642. The monoisotopic (exact) mass is 663 g/mol. The maximum Gasteiger partial charge on any atom is 0.328 e. The van der Waals surface area contributed by atoms with Gasteiger partial charge < -0.3 is 26.5 Å². The van der Waals surface area contributed by atoms with Crippen LogP contribution in [0.3, 0.4) is 0 Å². The second kappa shape index (κ2) is 15.5. The van der Waals surface area contributed by atoms with Gasteiger partial charge in [-0.1, -0.05) is 29.2 Å². The van der Waals surface area contributed by atoms with Gasteiger partial charge >= 0.3 is 11.9 Å². The summed E-state index contributed by atoms with van der Waals surface area (Å²) in [6, 6.07) is 3.96. The fraction of sp³-hybridized carbons (Fsp3) is 0.190. The quantitative estimate of drug-likeness (QED) is 0.0457. The molecule has 1 aromatic heterocycles. The van der Waals surface area contributed by atoms with E-state index in [1.165, 1.54) is 29.5 Å². The smallest absolute Gasteiger partial charge is 0.328 e. The number of carbonyl (C=O) groups is 2. The number of thiazole rings is 1. The van der Waals surface area contributed by atoms with Gasteiger partial charge in [0.25, 0.3) is 15.2 Å². The van der Waals surface area contributed by atoms with Crippen molar-refractivity contribution in [2.75, 3.05) is 18.8 Å². The van der Waals surface area contributed by atoms with E-state index < -0.39 is 32.0 Å². The van der Waals surface area contributed by atoms with Crippen molar-refractivity contribution < 1.29 is 41.6 Å². The van der Waals surface area contributed by atoms with Gasteiger partial charge in [0.2, 0.25) is 10.0 Å². The first-order valence-electron chi connectivity index (χ1n) is 11.0. The third-order valence-corrected chi connectivity index (χ3v) is 10.1. The minimum absolute atomic E-state index is 0.0371. The summed E-state index contributed by atoms with van der Waals surface area (Å²) in [6.07, 6.45) is 2.34. The summed E-state index contributed by atoms with van der Waals surface area (Å²) in [6.45, 7) is 3.88. The highest BCUT2D eigenvalue weighted by molar-refractivity contribution is 8.16. The van der Waals surface area contributed by atoms with Crippen molar-refractivity contribution in [3.63, 3.8) is 0 Å². The number of thioether (sulfide) groups is 2. The van der Waals surface area contributed by atoms with Crippen molar-refractivity contribution in [2.45, 2.75) is 20.4 Å². The minimum atomic E-state index is -3.95. The van der Waals surface area contributed by atoms with Gasteiger partial charge in [-0.05, 0) is 24.3 Å². The molecule has 0 fully saturated rings. The number of amidine groups is 1. The number of aromatic nitrogens is 1. The lowest BCUT2D eigenvalue weighted by atomic mass is 10.4. The van der Waals surface area contributed by atoms with Crippen LogP contribution in [0.25, 0.3) is 0 Å². The fourth-order valence-electron chi connectivity index (χ4n) is 2.64. The number of sulfonamides is 2. The molecule has 222 valence electrons. The second-order valence-corrected chi connectivity index (χ2v) is 13.8. The lowest BCUT2D eigenvalue weighted by Crippen LogP contribution is -2.72. The summed E-state index contributed by atoms with van der Waals surface area (Å²) < 4.78 is 54.6. The van der Waals surface area contributed by atoms with Crippen LogP contribution in [0.5, 0.6) is 0 Å². The zero-order chi connectivity index (χ0) is 30.6. The molecule has 0 radical (unpaired) electrons. The van der Waals surface area contributed by atoms with Gasteiger partial charge in [0.1, 0.15) is 10.6 Å². The highest BCUT2D eigenvalue weighted by Crippen LogP contribution is 2.33. The number of carbonyl (C=O) groups excluding carboxylic acids is 1. The zero-order valence-corrected chi connectivity index (χ0v) is 25.1. The molecule has 0 aliphatic carbocycles. The topological polar surface area (TPSA) is 261 Å². The van der Waals surface area contributed by atoms with Gasteiger partial charge in [0.15, 0.2) is 5.17 Å². The molecule has 0 unspecified atom stereocenters. The molecule has 0 saturated carbocycles. The van der Waals surface area contributed by atoms with Gasteiger partial charge in [0, 0.05) is 34.4 Å². The molecule has 0 spiro atoms. The van der Waals surface area contributed by atoms with Crippen LogP contribution in [0.15, 0.2) is 68.1 Å². The number of carboxylic acids is 2. The molecule has 8 N–H and O–H groups in total. The third kappa shape index (κ3) is 11.5. The Kier molecular flexibility index (Phi) is 12.8. The predicted octanol–water partition coefficient (Wildman–Crippen LogP) is -2.36. The molecule has 0 bridgehead atoms. The summed E-state index contributed by atoms with van der Waals surface area (Å²) in [5.74, 6) is -1.42. The van der Waals surface area contributed by atoms with E-state index in [-0.39, 0.29) is 27.5 Å². The predicted molar refractivity (Wildman–Crippen MR) is 154 cm³/mol. The summed E-state index contributed by atoms with van der Waals surface area (Å²) in [5.41, 5.74) is 11.6. The lowest BCUT2D eigenvalue weighted by molar-refractivity contribution is -0.355. The van der Waals surface area contributed by atoms with E-state index >= 15 is 0 Å². The van der Waals surface area contributed by atoms with E-state index in [2.05, 4.69) is 31.0 Å². The number of hydrogen-bond acceptors (Lipinski definition) is 12. The number of aliphatic imine (C=N–C) groups is 1. The van der Waals surface area contributed by atoms with Crippen molar-refractivity contribution in [1.29, 1.82) is 0 Å². The number of hydrogen-bond donors (Lipinski definition) is 6. The van der Waals surface area contributed by atoms with E-state index in [0.29, 0.717) is 40.2 Å². The number of guanidine groups is 1. The molecule has 41 heavy (non-hydrogen) atoms. The van der Waals surface area contributed by atoms with Crippen molar-refractivity contribution in [3.8, 4) is 0 Å². The van der Waals surface area contributed by atoms with Crippen LogP contribution in [-0.2, 0) is 35.4 Å². The van der Waals surface area contributed by atoms with E-state index in [1.807, 2.05) is 5.38 Å². The van der Waals surface area contributed by atoms with Crippen LogP contribution in [0, 0.1) is 0 Å². The van der Waals surface area contributed by atoms with Crippen LogP contribution in [0.4, 0.5) is 5.13 Å². The maximum absolute atomic E-state index is 12.7. The number of nitrogens with zero attached hydrogens (tertiary/aromatic N) is 2. The van der Waals surface area contributed by atoms with E-state index in [9.17, 15) is 31.5 Å². The summed E-state index contributed by atoms with van der Waals surface area (Å²) in [4.78, 5) is 30.5. The molecule has 2 heterocycles. The molecule has 20 heteroatoms. The Hall–Kier alpha value is -3.43. The van der Waals surface area contributed by atoms with E-state index in [4.69, 9.17) is 16.6 Å². The number of benzene rings is 1. The van der Waals surface area contributed by atoms with Crippen LogP contribution in [-0.4, -0.2) is 68.8 Å².